The molecule has 0 aliphatic carbocycles. The molecule has 0 bridgehead atoms. The van der Waals surface area contributed by atoms with Crippen molar-refractivity contribution >= 4 is 22.6 Å². The zero-order chi connectivity index (χ0) is 14.7. The standard InChI is InChI=1S/C15H18N2O3/c1-9(2)20-11-4-5-13-12(8-11)14(6-7-16-13)17-10(3)15(18)19/h4-10H,1-3H3,(H,16,17)(H,18,19)/t10-/m1/s1. The number of carboxylic acids is 1. The highest BCUT2D eigenvalue weighted by atomic mass is 16.5. The Bertz CT molecular complexity index is 626. The number of anilines is 1. The molecule has 2 rings (SSSR count). The van der Waals surface area contributed by atoms with Crippen LogP contribution in [0, 0.1) is 0 Å². The minimum absolute atomic E-state index is 0.0819. The first kappa shape index (κ1) is 14.1. The third-order valence-electron chi connectivity index (χ3n) is 2.83. The van der Waals surface area contributed by atoms with E-state index in [-0.39, 0.29) is 6.10 Å². The van der Waals surface area contributed by atoms with Gasteiger partial charge in [0.05, 0.1) is 11.6 Å². The lowest BCUT2D eigenvalue weighted by atomic mass is 10.1. The van der Waals surface area contributed by atoms with E-state index in [0.29, 0.717) is 0 Å². The molecule has 0 saturated heterocycles. The van der Waals surface area contributed by atoms with E-state index in [1.807, 2.05) is 32.0 Å². The molecule has 0 aliphatic heterocycles. The van der Waals surface area contributed by atoms with E-state index in [1.165, 1.54) is 0 Å². The summed E-state index contributed by atoms with van der Waals surface area (Å²) in [7, 11) is 0. The molecule has 2 N–H and O–H groups in total. The van der Waals surface area contributed by atoms with Crippen molar-refractivity contribution < 1.29 is 14.6 Å². The monoisotopic (exact) mass is 274 g/mol. The van der Waals surface area contributed by atoms with Gasteiger partial charge in [0.2, 0.25) is 0 Å². The predicted molar refractivity (Wildman–Crippen MR) is 78.2 cm³/mol. The van der Waals surface area contributed by atoms with Crippen LogP contribution >= 0.6 is 0 Å². The number of carbonyl (C=O) groups is 1. The van der Waals surface area contributed by atoms with Gasteiger partial charge in [0, 0.05) is 17.3 Å². The average Bonchev–Trinajstić information content (AvgIpc) is 2.38. The van der Waals surface area contributed by atoms with Crippen molar-refractivity contribution in [1.29, 1.82) is 0 Å². The molecule has 1 aromatic heterocycles. The number of carboxylic acid groups (broad SMARTS) is 1. The molecule has 5 nitrogen and oxygen atoms in total. The van der Waals surface area contributed by atoms with E-state index in [0.717, 1.165) is 22.3 Å². The van der Waals surface area contributed by atoms with Crippen molar-refractivity contribution in [2.45, 2.75) is 32.9 Å². The van der Waals surface area contributed by atoms with Crippen LogP contribution in [0.3, 0.4) is 0 Å². The number of ether oxygens (including phenoxy) is 1. The van der Waals surface area contributed by atoms with Gasteiger partial charge in [-0.1, -0.05) is 0 Å². The molecule has 106 valence electrons. The van der Waals surface area contributed by atoms with Crippen molar-refractivity contribution in [2.75, 3.05) is 5.32 Å². The van der Waals surface area contributed by atoms with Crippen LogP contribution < -0.4 is 10.1 Å². The van der Waals surface area contributed by atoms with Crippen LogP contribution in [0.5, 0.6) is 5.75 Å². The molecule has 1 atom stereocenters. The van der Waals surface area contributed by atoms with E-state index < -0.39 is 12.0 Å². The number of aliphatic carboxylic acids is 1. The number of pyridine rings is 1. The smallest absolute Gasteiger partial charge is 0.325 e. The van der Waals surface area contributed by atoms with Gasteiger partial charge in [-0.3, -0.25) is 9.78 Å². The highest BCUT2D eigenvalue weighted by molar-refractivity contribution is 5.93. The average molecular weight is 274 g/mol. The molecule has 5 heteroatoms. The lowest BCUT2D eigenvalue weighted by Crippen LogP contribution is -2.25. The number of nitrogens with one attached hydrogen (secondary N) is 1. The number of hydrogen-bond acceptors (Lipinski definition) is 4. The van der Waals surface area contributed by atoms with Gasteiger partial charge in [0.1, 0.15) is 11.8 Å². The van der Waals surface area contributed by atoms with Crippen LogP contribution in [0.25, 0.3) is 10.9 Å². The molecule has 0 radical (unpaired) electrons. The maximum Gasteiger partial charge on any atom is 0.325 e. The molecule has 0 fully saturated rings. The van der Waals surface area contributed by atoms with Gasteiger partial charge in [-0.15, -0.1) is 0 Å². The first-order valence-electron chi connectivity index (χ1n) is 6.52. The normalized spacial score (nSPS) is 12.4. The van der Waals surface area contributed by atoms with Crippen LogP contribution in [0.15, 0.2) is 30.5 Å². The van der Waals surface area contributed by atoms with Gasteiger partial charge in [0.25, 0.3) is 0 Å². The topological polar surface area (TPSA) is 71.5 Å². The van der Waals surface area contributed by atoms with Crippen molar-refractivity contribution in [1.82, 2.24) is 4.98 Å². The Labute approximate surface area is 117 Å². The van der Waals surface area contributed by atoms with Crippen LogP contribution in [0.1, 0.15) is 20.8 Å². The molecular weight excluding hydrogens is 256 g/mol. The zero-order valence-electron chi connectivity index (χ0n) is 11.8. The highest BCUT2D eigenvalue weighted by Gasteiger charge is 2.12. The Hall–Kier alpha value is -2.30. The van der Waals surface area contributed by atoms with Gasteiger partial charge in [-0.05, 0) is 45.0 Å². The van der Waals surface area contributed by atoms with E-state index in [2.05, 4.69) is 10.3 Å². The Balaban J connectivity index is 2.40. The Morgan fingerprint density at radius 1 is 1.30 bits per heavy atom. The largest absolute Gasteiger partial charge is 0.491 e. The fourth-order valence-electron chi connectivity index (χ4n) is 1.89. The summed E-state index contributed by atoms with van der Waals surface area (Å²) in [5.74, 6) is -0.156. The van der Waals surface area contributed by atoms with Crippen molar-refractivity contribution in [2.24, 2.45) is 0 Å². The van der Waals surface area contributed by atoms with Gasteiger partial charge in [-0.2, -0.15) is 0 Å². The molecule has 2 aromatic rings. The second kappa shape index (κ2) is 5.77. The van der Waals surface area contributed by atoms with Crippen LogP contribution in [0.4, 0.5) is 5.69 Å². The zero-order valence-corrected chi connectivity index (χ0v) is 11.8. The summed E-state index contributed by atoms with van der Waals surface area (Å²) >= 11 is 0. The molecular formula is C15H18N2O3. The number of benzene rings is 1. The van der Waals surface area contributed by atoms with E-state index in [4.69, 9.17) is 9.84 Å². The third-order valence-corrected chi connectivity index (χ3v) is 2.83. The Morgan fingerprint density at radius 3 is 2.70 bits per heavy atom. The molecule has 0 unspecified atom stereocenters. The molecule has 20 heavy (non-hydrogen) atoms. The number of fused-ring (bicyclic) bond motifs is 1. The minimum Gasteiger partial charge on any atom is -0.491 e. The fraction of sp³-hybridized carbons (Fsp3) is 0.333. The van der Waals surface area contributed by atoms with E-state index in [9.17, 15) is 4.79 Å². The summed E-state index contributed by atoms with van der Waals surface area (Å²) < 4.78 is 5.66. The summed E-state index contributed by atoms with van der Waals surface area (Å²) in [6, 6.07) is 6.69. The quantitative estimate of drug-likeness (QED) is 0.877. The van der Waals surface area contributed by atoms with E-state index in [1.54, 1.807) is 19.2 Å². The first-order valence-corrected chi connectivity index (χ1v) is 6.52. The molecule has 0 amide bonds. The summed E-state index contributed by atoms with van der Waals surface area (Å²) in [4.78, 5) is 15.2. The number of rotatable bonds is 5. The minimum atomic E-state index is -0.899. The number of nitrogens with zero attached hydrogens (tertiary/aromatic N) is 1. The van der Waals surface area contributed by atoms with Crippen molar-refractivity contribution in [3.8, 4) is 5.75 Å². The second-order valence-electron chi connectivity index (χ2n) is 4.91. The van der Waals surface area contributed by atoms with Gasteiger partial charge in [-0.25, -0.2) is 0 Å². The molecule has 0 saturated carbocycles. The number of hydrogen-bond donors (Lipinski definition) is 2. The van der Waals surface area contributed by atoms with Crippen molar-refractivity contribution in [3.63, 3.8) is 0 Å². The van der Waals surface area contributed by atoms with Gasteiger partial charge >= 0.3 is 5.97 Å². The Morgan fingerprint density at radius 2 is 2.05 bits per heavy atom. The maximum absolute atomic E-state index is 10.9. The van der Waals surface area contributed by atoms with Crippen LogP contribution in [-0.2, 0) is 4.79 Å². The Kier molecular flexibility index (Phi) is 4.08. The van der Waals surface area contributed by atoms with Gasteiger partial charge in [0.15, 0.2) is 0 Å². The number of aromatic nitrogens is 1. The summed E-state index contributed by atoms with van der Waals surface area (Å²) in [5, 5.41) is 12.8. The van der Waals surface area contributed by atoms with Crippen LogP contribution in [-0.4, -0.2) is 28.2 Å². The van der Waals surface area contributed by atoms with Crippen LogP contribution in [0.2, 0.25) is 0 Å². The summed E-state index contributed by atoms with van der Waals surface area (Å²) in [6.07, 6.45) is 1.74. The highest BCUT2D eigenvalue weighted by Crippen LogP contribution is 2.27. The molecule has 1 heterocycles. The lowest BCUT2D eigenvalue weighted by Gasteiger charge is -2.14. The first-order chi connectivity index (χ1) is 9.47. The summed E-state index contributed by atoms with van der Waals surface area (Å²) in [6.45, 7) is 5.52. The maximum atomic E-state index is 10.9. The predicted octanol–water partition coefficient (Wildman–Crippen LogP) is 2.91. The van der Waals surface area contributed by atoms with E-state index >= 15 is 0 Å². The third kappa shape index (κ3) is 3.17. The van der Waals surface area contributed by atoms with Crippen molar-refractivity contribution in [3.05, 3.63) is 30.5 Å². The molecule has 1 aromatic carbocycles. The van der Waals surface area contributed by atoms with Gasteiger partial charge < -0.3 is 15.2 Å². The molecule has 0 spiro atoms. The molecule has 0 aliphatic rings. The summed E-state index contributed by atoms with van der Waals surface area (Å²) in [5.41, 5.74) is 1.53. The lowest BCUT2D eigenvalue weighted by molar-refractivity contribution is -0.137. The SMILES string of the molecule is CC(C)Oc1ccc2nccc(N[C@H](C)C(=O)O)c2c1. The second-order valence-corrected chi connectivity index (χ2v) is 4.91. The fourth-order valence-corrected chi connectivity index (χ4v) is 1.89.